The molecule has 0 radical (unpaired) electrons. The van der Waals surface area contributed by atoms with Gasteiger partial charge >= 0.3 is 6.18 Å². The SMILES string of the molecule is COc1cn(-c2cccc(C(F)(F)F)c2)nc1C(=O)Nc1ccccc1SCC(N)=O. The Balaban J connectivity index is 1.89. The zero-order chi connectivity index (χ0) is 22.6. The Morgan fingerprint density at radius 1 is 1.19 bits per heavy atom. The molecular formula is C20H17F3N4O3S. The van der Waals surface area contributed by atoms with E-state index >= 15 is 0 Å². The smallest absolute Gasteiger partial charge is 0.416 e. The van der Waals surface area contributed by atoms with Crippen LogP contribution in [0.5, 0.6) is 5.75 Å². The molecule has 0 atom stereocenters. The number of aromatic nitrogens is 2. The number of rotatable bonds is 7. The fraction of sp³-hybridized carbons (Fsp3) is 0.150. The number of thioether (sulfide) groups is 1. The van der Waals surface area contributed by atoms with Crippen LogP contribution < -0.4 is 15.8 Å². The maximum absolute atomic E-state index is 13.0. The molecule has 162 valence electrons. The van der Waals surface area contributed by atoms with E-state index < -0.39 is 23.6 Å². The number of hydrogen-bond donors (Lipinski definition) is 2. The van der Waals surface area contributed by atoms with E-state index in [9.17, 15) is 22.8 Å². The number of halogens is 3. The number of carbonyl (C=O) groups excluding carboxylic acids is 2. The summed E-state index contributed by atoms with van der Waals surface area (Å²) < 4.78 is 45.3. The van der Waals surface area contributed by atoms with E-state index in [4.69, 9.17) is 10.5 Å². The van der Waals surface area contributed by atoms with Gasteiger partial charge in [0.1, 0.15) is 0 Å². The molecule has 0 fully saturated rings. The lowest BCUT2D eigenvalue weighted by molar-refractivity contribution is -0.137. The molecular weight excluding hydrogens is 433 g/mol. The van der Waals surface area contributed by atoms with Gasteiger partial charge in [0.05, 0.1) is 36.0 Å². The number of nitrogens with one attached hydrogen (secondary N) is 1. The van der Waals surface area contributed by atoms with E-state index in [0.717, 1.165) is 28.6 Å². The maximum atomic E-state index is 13.0. The van der Waals surface area contributed by atoms with Crippen molar-refractivity contribution in [2.45, 2.75) is 11.1 Å². The number of nitrogens with zero attached hydrogens (tertiary/aromatic N) is 2. The predicted octanol–water partition coefficient (Wildman–Crippen LogP) is 3.73. The topological polar surface area (TPSA) is 99.2 Å². The van der Waals surface area contributed by atoms with Crippen LogP contribution in [0.15, 0.2) is 59.6 Å². The molecule has 0 saturated carbocycles. The summed E-state index contributed by atoms with van der Waals surface area (Å²) in [6.07, 6.45) is -3.20. The van der Waals surface area contributed by atoms with Gasteiger partial charge in [0.2, 0.25) is 5.91 Å². The summed E-state index contributed by atoms with van der Waals surface area (Å²) in [7, 11) is 1.32. The number of methoxy groups -OCH3 is 1. The van der Waals surface area contributed by atoms with Gasteiger partial charge in [0.25, 0.3) is 5.91 Å². The minimum Gasteiger partial charge on any atom is -0.493 e. The summed E-state index contributed by atoms with van der Waals surface area (Å²) in [5.41, 5.74) is 4.75. The van der Waals surface area contributed by atoms with Crippen molar-refractivity contribution in [3.05, 3.63) is 66.0 Å². The molecule has 0 aliphatic rings. The van der Waals surface area contributed by atoms with E-state index in [1.54, 1.807) is 24.3 Å². The summed E-state index contributed by atoms with van der Waals surface area (Å²) in [6, 6.07) is 11.3. The molecule has 0 saturated heterocycles. The Bertz CT molecular complexity index is 1120. The second-order valence-corrected chi connectivity index (χ2v) is 7.26. The second kappa shape index (κ2) is 9.13. The Hall–Kier alpha value is -3.47. The first-order valence-electron chi connectivity index (χ1n) is 8.82. The number of hydrogen-bond acceptors (Lipinski definition) is 5. The molecule has 1 heterocycles. The Morgan fingerprint density at radius 2 is 1.94 bits per heavy atom. The average Bonchev–Trinajstić information content (AvgIpc) is 3.17. The summed E-state index contributed by atoms with van der Waals surface area (Å²) in [4.78, 5) is 24.5. The fourth-order valence-corrected chi connectivity index (χ4v) is 3.40. The Morgan fingerprint density at radius 3 is 2.61 bits per heavy atom. The van der Waals surface area contributed by atoms with Gasteiger partial charge in [-0.25, -0.2) is 4.68 Å². The normalized spacial score (nSPS) is 11.2. The van der Waals surface area contributed by atoms with E-state index in [2.05, 4.69) is 10.4 Å². The number of amides is 2. The number of nitrogens with two attached hydrogens (primary N) is 1. The first-order chi connectivity index (χ1) is 14.7. The minimum absolute atomic E-state index is 0.0282. The number of ether oxygens (including phenoxy) is 1. The van der Waals surface area contributed by atoms with Crippen molar-refractivity contribution in [1.29, 1.82) is 0 Å². The number of benzene rings is 2. The zero-order valence-electron chi connectivity index (χ0n) is 16.1. The molecule has 0 aliphatic heterocycles. The third-order valence-electron chi connectivity index (χ3n) is 4.06. The zero-order valence-corrected chi connectivity index (χ0v) is 17.0. The molecule has 3 N–H and O–H groups in total. The van der Waals surface area contributed by atoms with Gasteiger partial charge in [-0.05, 0) is 30.3 Å². The summed E-state index contributed by atoms with van der Waals surface area (Å²) in [6.45, 7) is 0. The average molecular weight is 450 g/mol. The van der Waals surface area contributed by atoms with E-state index in [1.165, 1.54) is 25.4 Å². The first-order valence-corrected chi connectivity index (χ1v) is 9.80. The molecule has 3 aromatic rings. The number of para-hydroxylation sites is 1. The van der Waals surface area contributed by atoms with E-state index in [-0.39, 0.29) is 22.9 Å². The number of alkyl halides is 3. The number of anilines is 1. The first kappa shape index (κ1) is 22.2. The molecule has 0 bridgehead atoms. The number of primary amides is 1. The van der Waals surface area contributed by atoms with Crippen molar-refractivity contribution >= 4 is 29.3 Å². The van der Waals surface area contributed by atoms with Crippen LogP contribution in [0.1, 0.15) is 16.1 Å². The molecule has 7 nitrogen and oxygen atoms in total. The molecule has 2 aromatic carbocycles. The largest absolute Gasteiger partial charge is 0.493 e. The molecule has 31 heavy (non-hydrogen) atoms. The third kappa shape index (κ3) is 5.37. The highest BCUT2D eigenvalue weighted by molar-refractivity contribution is 8.00. The van der Waals surface area contributed by atoms with Gasteiger partial charge in [-0.15, -0.1) is 11.8 Å². The van der Waals surface area contributed by atoms with Crippen LogP contribution in [0, 0.1) is 0 Å². The van der Waals surface area contributed by atoms with Gasteiger partial charge in [0.15, 0.2) is 11.4 Å². The fourth-order valence-electron chi connectivity index (χ4n) is 2.65. The van der Waals surface area contributed by atoms with Gasteiger partial charge in [-0.1, -0.05) is 18.2 Å². The van der Waals surface area contributed by atoms with Crippen molar-refractivity contribution in [2.24, 2.45) is 5.73 Å². The van der Waals surface area contributed by atoms with Crippen molar-refractivity contribution in [2.75, 3.05) is 18.2 Å². The van der Waals surface area contributed by atoms with Crippen molar-refractivity contribution < 1.29 is 27.5 Å². The molecule has 1 aromatic heterocycles. The highest BCUT2D eigenvalue weighted by Crippen LogP contribution is 2.31. The van der Waals surface area contributed by atoms with Crippen LogP contribution in [0.3, 0.4) is 0 Å². The van der Waals surface area contributed by atoms with Gasteiger partial charge in [-0.2, -0.15) is 18.3 Å². The van der Waals surface area contributed by atoms with Gasteiger partial charge < -0.3 is 15.8 Å². The van der Waals surface area contributed by atoms with E-state index in [0.29, 0.717) is 10.6 Å². The second-order valence-electron chi connectivity index (χ2n) is 6.24. The molecule has 0 unspecified atom stereocenters. The molecule has 0 aliphatic carbocycles. The Labute approximate surface area is 179 Å². The monoisotopic (exact) mass is 450 g/mol. The van der Waals surface area contributed by atoms with Crippen molar-refractivity contribution in [3.8, 4) is 11.4 Å². The molecule has 11 heteroatoms. The summed E-state index contributed by atoms with van der Waals surface area (Å²) in [5, 5.41) is 6.78. The van der Waals surface area contributed by atoms with Crippen molar-refractivity contribution in [1.82, 2.24) is 9.78 Å². The lowest BCUT2D eigenvalue weighted by Crippen LogP contribution is -2.16. The van der Waals surface area contributed by atoms with Crippen LogP contribution in [0.4, 0.5) is 18.9 Å². The predicted molar refractivity (Wildman–Crippen MR) is 109 cm³/mol. The molecule has 3 rings (SSSR count). The number of carbonyl (C=O) groups is 2. The lowest BCUT2D eigenvalue weighted by Gasteiger charge is -2.10. The van der Waals surface area contributed by atoms with Crippen LogP contribution >= 0.6 is 11.8 Å². The van der Waals surface area contributed by atoms with Crippen LogP contribution in [0.25, 0.3) is 5.69 Å². The van der Waals surface area contributed by atoms with Gasteiger partial charge in [0, 0.05) is 4.90 Å². The quantitative estimate of drug-likeness (QED) is 0.535. The van der Waals surface area contributed by atoms with E-state index in [1.807, 2.05) is 0 Å². The molecule has 0 spiro atoms. The Kier molecular flexibility index (Phi) is 6.54. The van der Waals surface area contributed by atoms with Crippen LogP contribution in [-0.4, -0.2) is 34.5 Å². The van der Waals surface area contributed by atoms with Crippen molar-refractivity contribution in [3.63, 3.8) is 0 Å². The molecule has 2 amide bonds. The van der Waals surface area contributed by atoms with Crippen LogP contribution in [-0.2, 0) is 11.0 Å². The lowest BCUT2D eigenvalue weighted by atomic mass is 10.2. The minimum atomic E-state index is -4.51. The van der Waals surface area contributed by atoms with Gasteiger partial charge in [-0.3, -0.25) is 9.59 Å². The maximum Gasteiger partial charge on any atom is 0.416 e. The summed E-state index contributed by atoms with van der Waals surface area (Å²) in [5.74, 6) is -1.03. The third-order valence-corrected chi connectivity index (χ3v) is 5.15. The summed E-state index contributed by atoms with van der Waals surface area (Å²) >= 11 is 1.16. The standard InChI is InChI=1S/C20H17F3N4O3S/c1-30-15-10-27(13-6-4-5-12(9-13)20(21,22)23)26-18(15)19(29)25-14-7-2-3-8-16(14)31-11-17(24)28/h2-10H,11H2,1H3,(H2,24,28)(H,25,29). The highest BCUT2D eigenvalue weighted by Gasteiger charge is 2.30. The van der Waals surface area contributed by atoms with Crippen LogP contribution in [0.2, 0.25) is 0 Å². The highest BCUT2D eigenvalue weighted by atomic mass is 32.2.